The van der Waals surface area contributed by atoms with E-state index in [0.29, 0.717) is 5.54 Å². The second kappa shape index (κ2) is 5.83. The zero-order chi connectivity index (χ0) is 11.3. The summed E-state index contributed by atoms with van der Waals surface area (Å²) in [7, 11) is 4.29. The molecule has 1 N–H and O–H groups in total. The Balaban J connectivity index is 2.11. The van der Waals surface area contributed by atoms with Gasteiger partial charge in [-0.3, -0.25) is 0 Å². The molecule has 0 saturated carbocycles. The minimum Gasteiger partial charge on any atom is -0.309 e. The van der Waals surface area contributed by atoms with Gasteiger partial charge in [-0.1, -0.05) is 0 Å². The molecular weight excluding hydrogens is 186 g/mol. The number of nitrogens with one attached hydrogen (secondary N) is 1. The van der Waals surface area contributed by atoms with Crippen molar-refractivity contribution in [1.29, 1.82) is 0 Å². The molecule has 0 bridgehead atoms. The summed E-state index contributed by atoms with van der Waals surface area (Å²) in [6, 6.07) is 0. The summed E-state index contributed by atoms with van der Waals surface area (Å²) in [5.41, 5.74) is 0.305. The average Bonchev–Trinajstić information content (AvgIpc) is 2.10. The summed E-state index contributed by atoms with van der Waals surface area (Å²) in [6.07, 6.45) is 2.64. The van der Waals surface area contributed by atoms with Crippen LogP contribution in [0.4, 0.5) is 0 Å². The van der Waals surface area contributed by atoms with Gasteiger partial charge in [0, 0.05) is 25.2 Å². The maximum absolute atomic E-state index is 3.55. The molecular formula is C12H27N3. The van der Waals surface area contributed by atoms with Crippen molar-refractivity contribution in [2.24, 2.45) is 0 Å². The number of hydrogen-bond donors (Lipinski definition) is 1. The lowest BCUT2D eigenvalue weighted by molar-refractivity contribution is 0.151. The molecule has 90 valence electrons. The van der Waals surface area contributed by atoms with E-state index in [1.807, 2.05) is 0 Å². The Hall–Kier alpha value is -0.120. The maximum Gasteiger partial charge on any atom is 0.0252 e. The Bertz CT molecular complexity index is 178. The second-order valence-corrected chi connectivity index (χ2v) is 5.60. The van der Waals surface area contributed by atoms with Crippen molar-refractivity contribution < 1.29 is 0 Å². The number of nitrogens with zero attached hydrogens (tertiary/aromatic N) is 2. The van der Waals surface area contributed by atoms with E-state index in [2.05, 4.69) is 43.1 Å². The van der Waals surface area contributed by atoms with Crippen LogP contribution in [0.15, 0.2) is 0 Å². The third-order valence-corrected chi connectivity index (χ3v) is 2.98. The zero-order valence-corrected chi connectivity index (χ0v) is 10.8. The Kier molecular flexibility index (Phi) is 5.03. The van der Waals surface area contributed by atoms with E-state index in [9.17, 15) is 0 Å². The van der Waals surface area contributed by atoms with Gasteiger partial charge in [0.2, 0.25) is 0 Å². The first-order valence-corrected chi connectivity index (χ1v) is 6.12. The number of hydrogen-bond acceptors (Lipinski definition) is 3. The van der Waals surface area contributed by atoms with Gasteiger partial charge in [0.1, 0.15) is 0 Å². The molecule has 0 amide bonds. The van der Waals surface area contributed by atoms with Crippen LogP contribution in [0.2, 0.25) is 0 Å². The van der Waals surface area contributed by atoms with Crippen LogP contribution in [0.25, 0.3) is 0 Å². The largest absolute Gasteiger partial charge is 0.309 e. The topological polar surface area (TPSA) is 18.5 Å². The van der Waals surface area contributed by atoms with Crippen LogP contribution in [0.1, 0.15) is 26.7 Å². The number of rotatable bonds is 5. The highest BCUT2D eigenvalue weighted by molar-refractivity contribution is 4.86. The standard InChI is InChI=1S/C12H27N3/c1-12(2)11-15(10-7-13-12)9-6-5-8-14(3)4/h13H,5-11H2,1-4H3. The average molecular weight is 213 g/mol. The summed E-state index contributed by atoms with van der Waals surface area (Å²) < 4.78 is 0. The van der Waals surface area contributed by atoms with E-state index in [0.717, 1.165) is 6.54 Å². The first-order valence-electron chi connectivity index (χ1n) is 6.12. The molecule has 0 aromatic rings. The lowest BCUT2D eigenvalue weighted by Gasteiger charge is -2.39. The molecule has 15 heavy (non-hydrogen) atoms. The number of unbranched alkanes of at least 4 members (excludes halogenated alkanes) is 1. The van der Waals surface area contributed by atoms with Gasteiger partial charge in [-0.2, -0.15) is 0 Å². The molecule has 0 radical (unpaired) electrons. The molecule has 0 aromatic carbocycles. The SMILES string of the molecule is CN(C)CCCCN1CCNC(C)(C)C1. The van der Waals surface area contributed by atoms with E-state index >= 15 is 0 Å². The lowest BCUT2D eigenvalue weighted by Crippen LogP contribution is -2.57. The fourth-order valence-electron chi connectivity index (χ4n) is 2.20. The van der Waals surface area contributed by atoms with Gasteiger partial charge in [0.25, 0.3) is 0 Å². The van der Waals surface area contributed by atoms with Crippen LogP contribution >= 0.6 is 0 Å². The molecule has 0 aromatic heterocycles. The summed E-state index contributed by atoms with van der Waals surface area (Å²) in [4.78, 5) is 4.86. The van der Waals surface area contributed by atoms with Crippen molar-refractivity contribution in [3.63, 3.8) is 0 Å². The first kappa shape index (κ1) is 12.9. The molecule has 3 heteroatoms. The van der Waals surface area contributed by atoms with Crippen LogP contribution in [0.3, 0.4) is 0 Å². The van der Waals surface area contributed by atoms with Gasteiger partial charge in [-0.25, -0.2) is 0 Å². The molecule has 0 unspecified atom stereocenters. The van der Waals surface area contributed by atoms with Crippen LogP contribution in [0, 0.1) is 0 Å². The van der Waals surface area contributed by atoms with Crippen LogP contribution < -0.4 is 5.32 Å². The van der Waals surface area contributed by atoms with Crippen molar-refractivity contribution >= 4 is 0 Å². The van der Waals surface area contributed by atoms with E-state index in [1.165, 1.54) is 39.0 Å². The van der Waals surface area contributed by atoms with Gasteiger partial charge in [-0.15, -0.1) is 0 Å². The first-order chi connectivity index (χ1) is 6.99. The molecule has 1 rings (SSSR count). The molecule has 1 saturated heterocycles. The minimum atomic E-state index is 0.305. The third-order valence-electron chi connectivity index (χ3n) is 2.98. The van der Waals surface area contributed by atoms with E-state index < -0.39 is 0 Å². The molecule has 1 fully saturated rings. The van der Waals surface area contributed by atoms with Crippen LogP contribution in [0.5, 0.6) is 0 Å². The molecule has 0 aliphatic carbocycles. The number of piperazine rings is 1. The summed E-state index contributed by atoms with van der Waals surface area (Å²) in [6.45, 7) is 10.6. The Labute approximate surface area is 94.8 Å². The van der Waals surface area contributed by atoms with Gasteiger partial charge in [0.15, 0.2) is 0 Å². The van der Waals surface area contributed by atoms with Gasteiger partial charge in [0.05, 0.1) is 0 Å². The zero-order valence-electron chi connectivity index (χ0n) is 10.8. The molecule has 1 heterocycles. The van der Waals surface area contributed by atoms with Gasteiger partial charge >= 0.3 is 0 Å². The summed E-state index contributed by atoms with van der Waals surface area (Å²) in [5.74, 6) is 0. The minimum absolute atomic E-state index is 0.305. The Morgan fingerprint density at radius 3 is 2.60 bits per heavy atom. The van der Waals surface area contributed by atoms with Crippen molar-refractivity contribution in [3.05, 3.63) is 0 Å². The Morgan fingerprint density at radius 1 is 1.27 bits per heavy atom. The van der Waals surface area contributed by atoms with Crippen molar-refractivity contribution in [2.45, 2.75) is 32.2 Å². The maximum atomic E-state index is 3.55. The van der Waals surface area contributed by atoms with E-state index in [4.69, 9.17) is 0 Å². The lowest BCUT2D eigenvalue weighted by atomic mass is 10.0. The molecule has 0 atom stereocenters. The van der Waals surface area contributed by atoms with Crippen molar-refractivity contribution in [3.8, 4) is 0 Å². The highest BCUT2D eigenvalue weighted by atomic mass is 15.2. The van der Waals surface area contributed by atoms with E-state index in [-0.39, 0.29) is 0 Å². The van der Waals surface area contributed by atoms with Gasteiger partial charge in [-0.05, 0) is 53.9 Å². The highest BCUT2D eigenvalue weighted by Crippen LogP contribution is 2.10. The van der Waals surface area contributed by atoms with Crippen molar-refractivity contribution in [2.75, 3.05) is 46.8 Å². The van der Waals surface area contributed by atoms with Crippen LogP contribution in [-0.4, -0.2) is 62.2 Å². The molecule has 1 aliphatic heterocycles. The highest BCUT2D eigenvalue weighted by Gasteiger charge is 2.24. The van der Waals surface area contributed by atoms with E-state index in [1.54, 1.807) is 0 Å². The fourth-order valence-corrected chi connectivity index (χ4v) is 2.20. The predicted octanol–water partition coefficient (Wildman–Crippen LogP) is 1.01. The summed E-state index contributed by atoms with van der Waals surface area (Å²) in [5, 5.41) is 3.55. The van der Waals surface area contributed by atoms with Gasteiger partial charge < -0.3 is 15.1 Å². The predicted molar refractivity (Wildman–Crippen MR) is 66.3 cm³/mol. The molecule has 1 aliphatic rings. The Morgan fingerprint density at radius 2 is 2.00 bits per heavy atom. The van der Waals surface area contributed by atoms with Crippen LogP contribution in [-0.2, 0) is 0 Å². The smallest absolute Gasteiger partial charge is 0.0252 e. The quantitative estimate of drug-likeness (QED) is 0.688. The summed E-state index contributed by atoms with van der Waals surface area (Å²) >= 11 is 0. The molecule has 0 spiro atoms. The molecule has 3 nitrogen and oxygen atoms in total. The monoisotopic (exact) mass is 213 g/mol. The normalized spacial score (nSPS) is 22.2. The fraction of sp³-hybridized carbons (Fsp3) is 1.00. The third kappa shape index (κ3) is 5.50. The second-order valence-electron chi connectivity index (χ2n) is 5.60. The van der Waals surface area contributed by atoms with Crippen molar-refractivity contribution in [1.82, 2.24) is 15.1 Å².